The summed E-state index contributed by atoms with van der Waals surface area (Å²) in [6, 6.07) is 10.4. The summed E-state index contributed by atoms with van der Waals surface area (Å²) in [5.74, 6) is 0.404. The Hall–Kier alpha value is -1.39. The highest BCUT2D eigenvalue weighted by molar-refractivity contribution is 7.98. The molecular weight excluding hydrogens is 285 g/mol. The summed E-state index contributed by atoms with van der Waals surface area (Å²) in [7, 11) is 1.45. The average molecular weight is 298 g/mol. The van der Waals surface area contributed by atoms with E-state index in [1.807, 2.05) is 6.07 Å². The zero-order valence-electron chi connectivity index (χ0n) is 10.3. The summed E-state index contributed by atoms with van der Waals surface area (Å²) >= 11 is 7.30. The van der Waals surface area contributed by atoms with Gasteiger partial charge in [-0.1, -0.05) is 23.7 Å². The molecule has 0 aromatic heterocycles. The molecule has 0 saturated heterocycles. The van der Waals surface area contributed by atoms with Crippen LogP contribution in [0.25, 0.3) is 0 Å². The molecule has 0 radical (unpaired) electrons. The number of rotatable bonds is 4. The predicted molar refractivity (Wildman–Crippen MR) is 78.4 cm³/mol. The average Bonchev–Trinajstić information content (AvgIpc) is 2.39. The van der Waals surface area contributed by atoms with Crippen molar-refractivity contribution in [3.05, 3.63) is 52.8 Å². The molecule has 0 spiro atoms. The minimum absolute atomic E-state index is 0.252. The molecule has 2 aromatic rings. The van der Waals surface area contributed by atoms with Gasteiger partial charge in [0.05, 0.1) is 7.11 Å². The molecule has 2 N–H and O–H groups in total. The van der Waals surface area contributed by atoms with Gasteiger partial charge in [-0.05, 0) is 24.3 Å². The Balaban J connectivity index is 2.14. The Morgan fingerprint density at radius 2 is 2.11 bits per heavy atom. The van der Waals surface area contributed by atoms with E-state index in [4.69, 9.17) is 22.1 Å². The van der Waals surface area contributed by atoms with Crippen LogP contribution in [0.5, 0.6) is 5.75 Å². The maximum Gasteiger partial charge on any atom is 0.169 e. The monoisotopic (exact) mass is 297 g/mol. The Labute approximate surface area is 120 Å². The largest absolute Gasteiger partial charge is 0.494 e. The first-order valence-corrected chi connectivity index (χ1v) is 6.97. The van der Waals surface area contributed by atoms with E-state index in [-0.39, 0.29) is 11.6 Å². The lowest BCUT2D eigenvalue weighted by molar-refractivity contribution is 0.385. The molecule has 19 heavy (non-hydrogen) atoms. The number of nitrogen functional groups attached to an aromatic ring is 1. The highest BCUT2D eigenvalue weighted by Gasteiger charge is 2.09. The minimum Gasteiger partial charge on any atom is -0.494 e. The van der Waals surface area contributed by atoms with E-state index in [2.05, 4.69) is 0 Å². The lowest BCUT2D eigenvalue weighted by atomic mass is 10.2. The van der Waals surface area contributed by atoms with Crippen LogP contribution < -0.4 is 10.5 Å². The van der Waals surface area contributed by atoms with E-state index in [9.17, 15) is 4.39 Å². The maximum absolute atomic E-state index is 13.9. The Kier molecular flexibility index (Phi) is 4.56. The molecule has 0 bridgehead atoms. The summed E-state index contributed by atoms with van der Waals surface area (Å²) in [4.78, 5) is 0.881. The number of nitrogens with two attached hydrogens (primary N) is 1. The van der Waals surface area contributed by atoms with Crippen molar-refractivity contribution in [2.75, 3.05) is 12.8 Å². The van der Waals surface area contributed by atoms with Gasteiger partial charge < -0.3 is 10.5 Å². The van der Waals surface area contributed by atoms with Gasteiger partial charge in [-0.25, -0.2) is 4.39 Å². The van der Waals surface area contributed by atoms with Crippen LogP contribution in [0, 0.1) is 5.82 Å². The smallest absolute Gasteiger partial charge is 0.169 e. The SMILES string of the molecule is COc1cccc(CSc2ccc(Cl)cc2N)c1F. The standard InChI is InChI=1S/C14H13ClFNOS/c1-18-12-4-2-3-9(14(12)16)8-19-13-6-5-10(15)7-11(13)17/h2-7H,8,17H2,1H3. The number of methoxy groups -OCH3 is 1. The van der Waals surface area contributed by atoms with Gasteiger partial charge in [-0.3, -0.25) is 0 Å². The lowest BCUT2D eigenvalue weighted by Crippen LogP contribution is -1.94. The van der Waals surface area contributed by atoms with Crippen LogP contribution in [0.15, 0.2) is 41.3 Å². The van der Waals surface area contributed by atoms with Gasteiger partial charge in [0.15, 0.2) is 11.6 Å². The van der Waals surface area contributed by atoms with E-state index in [1.165, 1.54) is 18.9 Å². The van der Waals surface area contributed by atoms with Gasteiger partial charge in [-0.15, -0.1) is 11.8 Å². The highest BCUT2D eigenvalue weighted by atomic mass is 35.5. The summed E-state index contributed by atoms with van der Waals surface area (Å²) in [6.07, 6.45) is 0. The second kappa shape index (κ2) is 6.17. The van der Waals surface area contributed by atoms with Crippen molar-refractivity contribution < 1.29 is 9.13 Å². The lowest BCUT2D eigenvalue weighted by Gasteiger charge is -2.08. The molecule has 0 fully saturated rings. The van der Waals surface area contributed by atoms with Crippen molar-refractivity contribution in [2.45, 2.75) is 10.6 Å². The van der Waals surface area contributed by atoms with Gasteiger partial charge >= 0.3 is 0 Å². The zero-order chi connectivity index (χ0) is 13.8. The van der Waals surface area contributed by atoms with Crippen molar-refractivity contribution in [3.63, 3.8) is 0 Å². The third-order valence-corrected chi connectivity index (χ3v) is 3.99. The van der Waals surface area contributed by atoms with Crippen LogP contribution in [0.4, 0.5) is 10.1 Å². The third-order valence-electron chi connectivity index (χ3n) is 2.62. The summed E-state index contributed by atoms with van der Waals surface area (Å²) in [5.41, 5.74) is 7.04. The first-order chi connectivity index (χ1) is 9.11. The topological polar surface area (TPSA) is 35.2 Å². The van der Waals surface area contributed by atoms with E-state index >= 15 is 0 Å². The summed E-state index contributed by atoms with van der Waals surface area (Å²) < 4.78 is 18.9. The fraction of sp³-hybridized carbons (Fsp3) is 0.143. The molecule has 0 aliphatic rings. The predicted octanol–water partition coefficient (Wildman–Crippen LogP) is 4.36. The molecular formula is C14H13ClFNOS. The molecule has 2 nitrogen and oxygen atoms in total. The van der Waals surface area contributed by atoms with E-state index < -0.39 is 0 Å². The fourth-order valence-corrected chi connectivity index (χ4v) is 2.74. The van der Waals surface area contributed by atoms with E-state index in [0.717, 1.165) is 4.90 Å². The second-order valence-corrected chi connectivity index (χ2v) is 5.36. The quantitative estimate of drug-likeness (QED) is 0.672. The highest BCUT2D eigenvalue weighted by Crippen LogP contribution is 2.32. The molecule has 5 heteroatoms. The number of thioether (sulfide) groups is 1. The molecule has 2 aromatic carbocycles. The molecule has 2 rings (SSSR count). The number of anilines is 1. The number of ether oxygens (including phenoxy) is 1. The Morgan fingerprint density at radius 3 is 2.79 bits per heavy atom. The molecule has 0 saturated carbocycles. The van der Waals surface area contributed by atoms with Crippen LogP contribution in [0.3, 0.4) is 0 Å². The van der Waals surface area contributed by atoms with Crippen molar-refractivity contribution in [2.24, 2.45) is 0 Å². The van der Waals surface area contributed by atoms with Crippen molar-refractivity contribution >= 4 is 29.1 Å². The Bertz CT molecular complexity index is 592. The summed E-state index contributed by atoms with van der Waals surface area (Å²) in [5, 5.41) is 0.592. The van der Waals surface area contributed by atoms with Crippen LogP contribution in [0.2, 0.25) is 5.02 Å². The number of hydrogen-bond acceptors (Lipinski definition) is 3. The van der Waals surface area contributed by atoms with E-state index in [1.54, 1.807) is 30.3 Å². The normalized spacial score (nSPS) is 10.5. The van der Waals surface area contributed by atoms with Gasteiger partial charge in [-0.2, -0.15) is 0 Å². The van der Waals surface area contributed by atoms with Crippen molar-refractivity contribution in [1.82, 2.24) is 0 Å². The fourth-order valence-electron chi connectivity index (χ4n) is 1.63. The maximum atomic E-state index is 13.9. The van der Waals surface area contributed by atoms with Gasteiger partial charge in [0.2, 0.25) is 0 Å². The Morgan fingerprint density at radius 1 is 1.32 bits per heavy atom. The van der Waals surface area contributed by atoms with Crippen molar-refractivity contribution in [3.8, 4) is 5.75 Å². The van der Waals surface area contributed by atoms with Gasteiger partial charge in [0.25, 0.3) is 0 Å². The molecule has 0 amide bonds. The van der Waals surface area contributed by atoms with E-state index in [0.29, 0.717) is 22.0 Å². The second-order valence-electron chi connectivity index (χ2n) is 3.90. The number of halogens is 2. The molecule has 0 aliphatic heterocycles. The van der Waals surface area contributed by atoms with Gasteiger partial charge in [0.1, 0.15) is 0 Å². The van der Waals surface area contributed by atoms with Crippen LogP contribution in [-0.2, 0) is 5.75 Å². The molecule has 0 aliphatic carbocycles. The molecule has 0 heterocycles. The molecule has 0 unspecified atom stereocenters. The molecule has 100 valence electrons. The number of benzene rings is 2. The van der Waals surface area contributed by atoms with Crippen molar-refractivity contribution in [1.29, 1.82) is 0 Å². The van der Waals surface area contributed by atoms with Crippen LogP contribution in [-0.4, -0.2) is 7.11 Å². The first-order valence-electron chi connectivity index (χ1n) is 5.61. The van der Waals surface area contributed by atoms with Crippen LogP contribution >= 0.6 is 23.4 Å². The minimum atomic E-state index is -0.329. The first kappa shape index (κ1) is 14.0. The van der Waals surface area contributed by atoms with Crippen LogP contribution in [0.1, 0.15) is 5.56 Å². The third kappa shape index (κ3) is 3.33. The molecule has 0 atom stereocenters. The zero-order valence-corrected chi connectivity index (χ0v) is 11.9. The van der Waals surface area contributed by atoms with Gasteiger partial charge in [0, 0.05) is 26.9 Å². The summed E-state index contributed by atoms with van der Waals surface area (Å²) in [6.45, 7) is 0. The number of hydrogen-bond donors (Lipinski definition) is 1.